The van der Waals surface area contributed by atoms with E-state index >= 15 is 0 Å². The number of carbonyl (C=O) groups is 1. The lowest BCUT2D eigenvalue weighted by atomic mass is 9.69. The Kier molecular flexibility index (Phi) is 6.13. The summed E-state index contributed by atoms with van der Waals surface area (Å²) >= 11 is 0. The summed E-state index contributed by atoms with van der Waals surface area (Å²) in [6.45, 7) is 1.35. The molecule has 6 heteroatoms. The van der Waals surface area contributed by atoms with Gasteiger partial charge in [-0.1, -0.05) is 25.3 Å². The lowest BCUT2D eigenvalue weighted by Crippen LogP contribution is -2.42. The number of amides is 1. The van der Waals surface area contributed by atoms with E-state index in [9.17, 15) is 4.79 Å². The third kappa shape index (κ3) is 3.90. The average molecular weight is 341 g/mol. The maximum atomic E-state index is 11.8. The van der Waals surface area contributed by atoms with Gasteiger partial charge in [0.2, 0.25) is 12.7 Å². The maximum Gasteiger partial charge on any atom is 0.231 e. The first-order valence-corrected chi connectivity index (χ1v) is 8.10. The first-order chi connectivity index (χ1) is 10.7. The number of benzene rings is 1. The van der Waals surface area contributed by atoms with Crippen LogP contribution in [-0.2, 0) is 10.2 Å². The van der Waals surface area contributed by atoms with Crippen LogP contribution in [-0.4, -0.2) is 25.8 Å². The Bertz CT molecular complexity index is 545. The van der Waals surface area contributed by atoms with Crippen LogP contribution in [0.3, 0.4) is 0 Å². The normalized spacial score (nSPS) is 18.1. The standard InChI is InChI=1S/C17H24N2O3.ClH/c18-9-6-16(20)19-11-17(7-2-1-3-8-17)13-4-5-14-15(10-13)22-12-21-14;/h4-5,10H,1-3,6-9,11-12,18H2,(H,19,20);1H. The van der Waals surface area contributed by atoms with E-state index in [0.29, 0.717) is 26.3 Å². The van der Waals surface area contributed by atoms with E-state index in [1.165, 1.54) is 24.8 Å². The molecule has 0 radical (unpaired) electrons. The lowest BCUT2D eigenvalue weighted by molar-refractivity contribution is -0.121. The number of carbonyl (C=O) groups excluding carboxylic acids is 1. The van der Waals surface area contributed by atoms with Crippen LogP contribution >= 0.6 is 12.4 Å². The van der Waals surface area contributed by atoms with Crippen LogP contribution in [0.5, 0.6) is 11.5 Å². The Balaban J connectivity index is 0.00000192. The summed E-state index contributed by atoms with van der Waals surface area (Å²) in [4.78, 5) is 11.8. The molecule has 1 fully saturated rings. The number of hydrogen-bond acceptors (Lipinski definition) is 4. The molecule has 23 heavy (non-hydrogen) atoms. The lowest BCUT2D eigenvalue weighted by Gasteiger charge is -2.38. The zero-order valence-electron chi connectivity index (χ0n) is 13.3. The smallest absolute Gasteiger partial charge is 0.231 e. The topological polar surface area (TPSA) is 73.6 Å². The van der Waals surface area contributed by atoms with E-state index in [2.05, 4.69) is 17.4 Å². The molecule has 1 saturated carbocycles. The summed E-state index contributed by atoms with van der Waals surface area (Å²) in [5.41, 5.74) is 6.70. The molecule has 128 valence electrons. The maximum absolute atomic E-state index is 11.8. The highest BCUT2D eigenvalue weighted by Crippen LogP contribution is 2.43. The zero-order valence-corrected chi connectivity index (χ0v) is 14.1. The molecule has 0 aromatic heterocycles. The number of rotatable bonds is 5. The molecule has 1 aliphatic heterocycles. The first-order valence-electron chi connectivity index (χ1n) is 8.10. The highest BCUT2D eigenvalue weighted by atomic mass is 35.5. The molecule has 0 spiro atoms. The number of fused-ring (bicyclic) bond motifs is 1. The second-order valence-corrected chi connectivity index (χ2v) is 6.22. The predicted molar refractivity (Wildman–Crippen MR) is 91.3 cm³/mol. The molecule has 5 nitrogen and oxygen atoms in total. The van der Waals surface area contributed by atoms with Gasteiger partial charge in [-0.05, 0) is 30.5 Å². The van der Waals surface area contributed by atoms with Crippen molar-refractivity contribution >= 4 is 18.3 Å². The van der Waals surface area contributed by atoms with E-state index in [1.54, 1.807) is 0 Å². The van der Waals surface area contributed by atoms with Gasteiger partial charge in [-0.2, -0.15) is 0 Å². The van der Waals surface area contributed by atoms with E-state index in [0.717, 1.165) is 24.3 Å². The fourth-order valence-electron chi connectivity index (χ4n) is 3.51. The summed E-state index contributed by atoms with van der Waals surface area (Å²) in [7, 11) is 0. The van der Waals surface area contributed by atoms with Crippen molar-refractivity contribution in [3.05, 3.63) is 23.8 Å². The van der Waals surface area contributed by atoms with Gasteiger partial charge < -0.3 is 20.5 Å². The SMILES string of the molecule is Cl.NCCC(=O)NCC1(c2ccc3c(c2)OCO3)CCCCC1. The molecule has 1 heterocycles. The van der Waals surface area contributed by atoms with Crippen LogP contribution in [0.2, 0.25) is 0 Å². The Labute approximate surface area is 143 Å². The molecule has 2 aliphatic rings. The highest BCUT2D eigenvalue weighted by molar-refractivity contribution is 5.85. The molecule has 0 unspecified atom stereocenters. The van der Waals surface area contributed by atoms with Gasteiger partial charge in [0.25, 0.3) is 0 Å². The molecule has 1 aromatic rings. The summed E-state index contributed by atoms with van der Waals surface area (Å²) in [6, 6.07) is 6.19. The third-order valence-corrected chi connectivity index (χ3v) is 4.79. The largest absolute Gasteiger partial charge is 0.454 e. The van der Waals surface area contributed by atoms with Gasteiger partial charge >= 0.3 is 0 Å². The predicted octanol–water partition coefficient (Wildman–Crippen LogP) is 2.50. The van der Waals surface area contributed by atoms with E-state index in [4.69, 9.17) is 15.2 Å². The summed E-state index contributed by atoms with van der Waals surface area (Å²) in [5, 5.41) is 3.07. The molecule has 3 rings (SSSR count). The molecule has 0 atom stereocenters. The van der Waals surface area contributed by atoms with Crippen LogP contribution < -0.4 is 20.5 Å². The van der Waals surface area contributed by atoms with Gasteiger partial charge in [0.05, 0.1) is 0 Å². The second-order valence-electron chi connectivity index (χ2n) is 6.22. The molecule has 3 N–H and O–H groups in total. The van der Waals surface area contributed by atoms with Gasteiger partial charge in [-0.15, -0.1) is 12.4 Å². The molecule has 1 amide bonds. The molecule has 0 bridgehead atoms. The van der Waals surface area contributed by atoms with Gasteiger partial charge in [-0.3, -0.25) is 4.79 Å². The minimum absolute atomic E-state index is 0. The fourth-order valence-corrected chi connectivity index (χ4v) is 3.51. The van der Waals surface area contributed by atoms with Gasteiger partial charge in [-0.25, -0.2) is 0 Å². The van der Waals surface area contributed by atoms with Gasteiger partial charge in [0, 0.05) is 24.9 Å². The fraction of sp³-hybridized carbons (Fsp3) is 0.588. The van der Waals surface area contributed by atoms with Crippen LogP contribution in [0.1, 0.15) is 44.1 Å². The van der Waals surface area contributed by atoms with Crippen molar-refractivity contribution in [2.45, 2.75) is 43.9 Å². The number of halogens is 1. The number of nitrogens with two attached hydrogens (primary N) is 1. The van der Waals surface area contributed by atoms with Crippen molar-refractivity contribution in [1.29, 1.82) is 0 Å². The molecule has 1 aromatic carbocycles. The van der Waals surface area contributed by atoms with Crippen molar-refractivity contribution < 1.29 is 14.3 Å². The van der Waals surface area contributed by atoms with Crippen molar-refractivity contribution in [2.75, 3.05) is 19.9 Å². The van der Waals surface area contributed by atoms with Crippen LogP contribution in [0.15, 0.2) is 18.2 Å². The summed E-state index contributed by atoms with van der Waals surface area (Å²) < 4.78 is 10.9. The van der Waals surface area contributed by atoms with E-state index in [-0.39, 0.29) is 23.7 Å². The van der Waals surface area contributed by atoms with Crippen LogP contribution in [0.4, 0.5) is 0 Å². The zero-order chi connectivity index (χ0) is 15.4. The van der Waals surface area contributed by atoms with Crippen molar-refractivity contribution in [1.82, 2.24) is 5.32 Å². The Hall–Kier alpha value is -1.46. The molecular formula is C17H25ClN2O3. The molecule has 0 saturated heterocycles. The van der Waals surface area contributed by atoms with Crippen molar-refractivity contribution in [3.63, 3.8) is 0 Å². The second kappa shape index (κ2) is 7.88. The van der Waals surface area contributed by atoms with Crippen LogP contribution in [0.25, 0.3) is 0 Å². The number of ether oxygens (including phenoxy) is 2. The summed E-state index contributed by atoms with van der Waals surface area (Å²) in [6.07, 6.45) is 6.23. The minimum atomic E-state index is 0. The highest BCUT2D eigenvalue weighted by Gasteiger charge is 2.35. The van der Waals surface area contributed by atoms with Crippen molar-refractivity contribution in [3.8, 4) is 11.5 Å². The van der Waals surface area contributed by atoms with E-state index < -0.39 is 0 Å². The molecule has 1 aliphatic carbocycles. The Morgan fingerprint density at radius 3 is 2.65 bits per heavy atom. The van der Waals surface area contributed by atoms with Crippen molar-refractivity contribution in [2.24, 2.45) is 5.73 Å². The van der Waals surface area contributed by atoms with Gasteiger partial charge in [0.15, 0.2) is 11.5 Å². The average Bonchev–Trinajstić information content (AvgIpc) is 3.02. The third-order valence-electron chi connectivity index (χ3n) is 4.79. The molecular weight excluding hydrogens is 316 g/mol. The Morgan fingerprint density at radius 1 is 1.17 bits per heavy atom. The first kappa shape index (κ1) is 17.9. The minimum Gasteiger partial charge on any atom is -0.454 e. The monoisotopic (exact) mass is 340 g/mol. The quantitative estimate of drug-likeness (QED) is 0.863. The number of hydrogen-bond donors (Lipinski definition) is 2. The van der Waals surface area contributed by atoms with Crippen LogP contribution in [0, 0.1) is 0 Å². The van der Waals surface area contributed by atoms with Gasteiger partial charge in [0.1, 0.15) is 0 Å². The summed E-state index contributed by atoms with van der Waals surface area (Å²) in [5.74, 6) is 1.66. The van der Waals surface area contributed by atoms with E-state index in [1.807, 2.05) is 6.07 Å². The number of nitrogens with one attached hydrogen (secondary N) is 1. The Morgan fingerprint density at radius 2 is 1.91 bits per heavy atom.